The lowest BCUT2D eigenvalue weighted by atomic mass is 10.0. The van der Waals surface area contributed by atoms with Crippen LogP contribution in [0.4, 0.5) is 0 Å². The molecule has 5 nitrogen and oxygen atoms in total. The molecule has 0 N–H and O–H groups in total. The summed E-state index contributed by atoms with van der Waals surface area (Å²) in [5.41, 5.74) is -2.44. The molecule has 0 spiro atoms. The minimum absolute atomic E-state index is 0.146. The van der Waals surface area contributed by atoms with Crippen molar-refractivity contribution in [2.45, 2.75) is 0 Å². The highest BCUT2D eigenvalue weighted by Crippen LogP contribution is 2.42. The lowest BCUT2D eigenvalue weighted by Gasteiger charge is -2.12. The highest BCUT2D eigenvalue weighted by atomic mass is 15.2. The quantitative estimate of drug-likeness (QED) is 0.171. The summed E-state index contributed by atoms with van der Waals surface area (Å²) in [4.78, 5) is 13.5. The van der Waals surface area contributed by atoms with Crippen molar-refractivity contribution in [1.82, 2.24) is 24.1 Å². The van der Waals surface area contributed by atoms with E-state index >= 15 is 0 Å². The monoisotopic (exact) mass is 739 g/mol. The minimum atomic E-state index is -0.986. The molecule has 0 amide bonds. The van der Waals surface area contributed by atoms with Crippen LogP contribution in [-0.2, 0) is 0 Å². The van der Waals surface area contributed by atoms with Gasteiger partial charge in [0.05, 0.1) is 55.0 Å². The summed E-state index contributed by atoms with van der Waals surface area (Å²) in [5.74, 6) is -2.45. The SMILES string of the molecule is [2H]c1c([2H])c([2H])c(-c2nc(-c3c([2H])c([2H])c(-c4c([2H])c([2H])c([2H])c([2H])c4[2H])c([2H])c3[2H])nc(-n3c4c([2H])c([2H])c([2H])c([2H])c4c4c3c([2H])c([2H])c3c5c([2H])c([2H])c([2H])c([2H])c5n(-c5ccc(-c6ccccc6)cc5)c34)n2)c([2H])c1[2H]. The molecule has 8 aromatic carbocycles. The van der Waals surface area contributed by atoms with Gasteiger partial charge in [0.15, 0.2) is 11.6 Å². The molecule has 262 valence electrons. The van der Waals surface area contributed by atoms with E-state index in [2.05, 4.69) is 15.0 Å². The average Bonchev–Trinajstić information content (AvgIpc) is 3.36. The molecule has 11 rings (SSSR count). The van der Waals surface area contributed by atoms with Crippen LogP contribution in [-0.4, -0.2) is 24.1 Å². The van der Waals surface area contributed by atoms with Gasteiger partial charge in [-0.3, -0.25) is 4.57 Å². The molecule has 0 fully saturated rings. The first-order chi connectivity index (χ1) is 37.8. The topological polar surface area (TPSA) is 48.5 Å². The molecule has 5 heteroatoms. The lowest BCUT2D eigenvalue weighted by Crippen LogP contribution is -2.06. The summed E-state index contributed by atoms with van der Waals surface area (Å²) in [6.45, 7) is 0. The zero-order valence-corrected chi connectivity index (χ0v) is 28.4. The summed E-state index contributed by atoms with van der Waals surface area (Å²) < 4.78 is 217. The maximum Gasteiger partial charge on any atom is 0.238 e. The van der Waals surface area contributed by atoms with E-state index in [1.165, 1.54) is 4.57 Å². The first-order valence-corrected chi connectivity index (χ1v) is 16.9. The van der Waals surface area contributed by atoms with E-state index in [0.29, 0.717) is 0 Å². The Morgan fingerprint density at radius 1 is 0.357 bits per heavy atom. The van der Waals surface area contributed by atoms with E-state index in [0.717, 1.165) is 15.7 Å². The summed E-state index contributed by atoms with van der Waals surface area (Å²) in [6, 6.07) is -3.73. The van der Waals surface area contributed by atoms with Gasteiger partial charge in [-0.15, -0.1) is 0 Å². The summed E-state index contributed by atoms with van der Waals surface area (Å²) in [7, 11) is 0. The van der Waals surface area contributed by atoms with E-state index < -0.39 is 196 Å². The molecule has 3 aromatic heterocycles. The van der Waals surface area contributed by atoms with Crippen LogP contribution in [0.15, 0.2) is 200 Å². The molecule has 0 aliphatic heterocycles. The molecule has 0 aliphatic rings. The maximum atomic E-state index is 9.86. The van der Waals surface area contributed by atoms with Crippen molar-refractivity contribution in [3.05, 3.63) is 200 Å². The average molecular weight is 740 g/mol. The van der Waals surface area contributed by atoms with Crippen molar-refractivity contribution in [2.24, 2.45) is 0 Å². The van der Waals surface area contributed by atoms with E-state index in [9.17, 15) is 13.7 Å². The number of hydrogen-bond acceptors (Lipinski definition) is 3. The molecule has 0 saturated heterocycles. The van der Waals surface area contributed by atoms with Crippen LogP contribution in [0.1, 0.15) is 32.9 Å². The van der Waals surface area contributed by atoms with E-state index in [1.807, 2.05) is 30.3 Å². The fraction of sp³-hybridized carbons (Fsp3) is 0. The Bertz CT molecular complexity index is 4550. The molecule has 0 atom stereocenters. The van der Waals surface area contributed by atoms with Gasteiger partial charge in [0.1, 0.15) is 0 Å². The highest BCUT2D eigenvalue weighted by Gasteiger charge is 2.23. The van der Waals surface area contributed by atoms with Crippen LogP contribution in [0.2, 0.25) is 0 Å². The summed E-state index contributed by atoms with van der Waals surface area (Å²) in [5, 5.41) is -1.08. The summed E-state index contributed by atoms with van der Waals surface area (Å²) in [6.07, 6.45) is 0. The van der Waals surface area contributed by atoms with E-state index in [4.69, 9.17) is 19.2 Å². The molecule has 3 heterocycles. The first kappa shape index (κ1) is 16.0. The molecule has 0 radical (unpaired) electrons. The number of benzene rings is 8. The van der Waals surface area contributed by atoms with Crippen LogP contribution in [0.5, 0.6) is 0 Å². The number of nitrogens with zero attached hydrogens (tertiary/aromatic N) is 5. The van der Waals surface area contributed by atoms with Gasteiger partial charge in [-0.2, -0.15) is 9.97 Å². The molecule has 0 saturated carbocycles. The fourth-order valence-corrected chi connectivity index (χ4v) is 6.69. The summed E-state index contributed by atoms with van der Waals surface area (Å²) >= 11 is 0. The molecule has 0 unspecified atom stereocenters. The second-order valence-electron chi connectivity index (χ2n) is 12.3. The van der Waals surface area contributed by atoms with Crippen LogP contribution < -0.4 is 0 Å². The number of para-hydroxylation sites is 2. The van der Waals surface area contributed by atoms with Gasteiger partial charge < -0.3 is 4.57 Å². The van der Waals surface area contributed by atoms with Gasteiger partial charge in [0.25, 0.3) is 0 Å². The predicted octanol–water partition coefficient (Wildman–Crippen LogP) is 12.7. The largest absolute Gasteiger partial charge is 0.309 e. The van der Waals surface area contributed by atoms with Crippen molar-refractivity contribution in [3.63, 3.8) is 0 Å². The molecule has 0 aliphatic carbocycles. The van der Waals surface area contributed by atoms with Crippen LogP contribution in [0, 0.1) is 0 Å². The second kappa shape index (κ2) is 13.0. The lowest BCUT2D eigenvalue weighted by molar-refractivity contribution is 0.953. The number of rotatable bonds is 6. The second-order valence-corrected chi connectivity index (χ2v) is 12.3. The zero-order valence-electron chi connectivity index (χ0n) is 52.4. The Morgan fingerprint density at radius 3 is 1.59 bits per heavy atom. The van der Waals surface area contributed by atoms with Crippen LogP contribution >= 0.6 is 0 Å². The molecular formula is C51H33N5. The van der Waals surface area contributed by atoms with Crippen molar-refractivity contribution < 1.29 is 32.9 Å². The Balaban J connectivity index is 1.35. The number of hydrogen-bond donors (Lipinski definition) is 0. The zero-order chi connectivity index (χ0) is 57.9. The molecular weight excluding hydrogens is 683 g/mol. The highest BCUT2D eigenvalue weighted by molar-refractivity contribution is 6.26. The smallest absolute Gasteiger partial charge is 0.238 e. The number of fused-ring (bicyclic) bond motifs is 7. The van der Waals surface area contributed by atoms with Crippen molar-refractivity contribution in [1.29, 1.82) is 0 Å². The van der Waals surface area contributed by atoms with Gasteiger partial charge in [-0.05, 0) is 52.5 Å². The molecule has 11 aromatic rings. The van der Waals surface area contributed by atoms with Gasteiger partial charge in [-0.1, -0.05) is 169 Å². The normalized spacial score (nSPS) is 17.6. The van der Waals surface area contributed by atoms with Gasteiger partial charge in [-0.25, -0.2) is 4.98 Å². The Morgan fingerprint density at radius 2 is 0.893 bits per heavy atom. The Hall–Kier alpha value is -7.63. The van der Waals surface area contributed by atoms with Gasteiger partial charge in [0, 0.05) is 38.4 Å². The van der Waals surface area contributed by atoms with Crippen molar-refractivity contribution in [2.75, 3.05) is 0 Å². The van der Waals surface area contributed by atoms with Crippen LogP contribution in [0.25, 0.3) is 100 Å². The van der Waals surface area contributed by atoms with E-state index in [-0.39, 0.29) is 38.3 Å². The number of aromatic nitrogens is 5. The Labute approximate surface area is 357 Å². The minimum Gasteiger partial charge on any atom is -0.309 e. The predicted molar refractivity (Wildman–Crippen MR) is 230 cm³/mol. The fourth-order valence-electron chi connectivity index (χ4n) is 6.69. The van der Waals surface area contributed by atoms with E-state index in [1.54, 1.807) is 24.3 Å². The first-order valence-electron chi connectivity index (χ1n) is 28.9. The maximum absolute atomic E-state index is 9.86. The van der Waals surface area contributed by atoms with Crippen LogP contribution in [0.3, 0.4) is 0 Å². The molecule has 56 heavy (non-hydrogen) atoms. The van der Waals surface area contributed by atoms with Gasteiger partial charge >= 0.3 is 0 Å². The van der Waals surface area contributed by atoms with Crippen molar-refractivity contribution in [3.8, 4) is 56.7 Å². The Kier molecular flexibility index (Phi) is 3.73. The van der Waals surface area contributed by atoms with Gasteiger partial charge in [0.2, 0.25) is 5.95 Å². The standard InChI is InChI=1S/C51H33N5/c1-4-14-34(15-5-1)36-24-26-39(27-25-36)50-52-49(38-18-8-3-9-19-38)53-51(54-50)56-45-23-13-11-21-43(45)47-46(56)33-32-42-41-20-10-12-22-44(41)55(48(42)47)40-30-28-37(29-31-40)35-16-6-2-7-17-35/h1-33H/i1D,3D,4D,5D,8D,9D,10D,11D,12D,13D,14D,15D,18D,19D,20D,21D,22D,23D,24D,25D,26D,27D,32D,33D. The third-order valence-corrected chi connectivity index (χ3v) is 9.12. The van der Waals surface area contributed by atoms with Crippen molar-refractivity contribution >= 4 is 43.6 Å². The third-order valence-electron chi connectivity index (χ3n) is 9.12. The third kappa shape index (κ3) is 5.21. The molecule has 0 bridgehead atoms.